The summed E-state index contributed by atoms with van der Waals surface area (Å²) in [6.07, 6.45) is 1.71. The van der Waals surface area contributed by atoms with Gasteiger partial charge in [-0.15, -0.1) is 0 Å². The fourth-order valence-corrected chi connectivity index (χ4v) is 3.10. The van der Waals surface area contributed by atoms with Gasteiger partial charge in [-0.2, -0.15) is 0 Å². The van der Waals surface area contributed by atoms with Gasteiger partial charge in [-0.25, -0.2) is 8.78 Å². The molecule has 0 aromatic heterocycles. The van der Waals surface area contributed by atoms with Crippen molar-refractivity contribution in [1.29, 1.82) is 0 Å². The maximum absolute atomic E-state index is 13.5. The van der Waals surface area contributed by atoms with E-state index in [-0.39, 0.29) is 5.92 Å². The van der Waals surface area contributed by atoms with Gasteiger partial charge in [0, 0.05) is 29.9 Å². The Morgan fingerprint density at radius 2 is 2.19 bits per heavy atom. The van der Waals surface area contributed by atoms with Crippen molar-refractivity contribution in [3.05, 3.63) is 46.7 Å². The van der Waals surface area contributed by atoms with Crippen LogP contribution in [-0.2, 0) is 4.74 Å². The van der Waals surface area contributed by atoms with E-state index in [4.69, 9.17) is 16.3 Å². The molecule has 0 saturated heterocycles. The van der Waals surface area contributed by atoms with Gasteiger partial charge in [-0.05, 0) is 24.6 Å². The molecule has 21 heavy (non-hydrogen) atoms. The van der Waals surface area contributed by atoms with Gasteiger partial charge < -0.3 is 9.64 Å². The number of alkyl halides is 1. The Kier molecular flexibility index (Phi) is 3.95. The highest BCUT2D eigenvalue weighted by molar-refractivity contribution is 6.21. The molecule has 2 heterocycles. The second kappa shape index (κ2) is 5.73. The predicted octanol–water partition coefficient (Wildman–Crippen LogP) is 3.26. The Morgan fingerprint density at radius 1 is 1.38 bits per heavy atom. The summed E-state index contributed by atoms with van der Waals surface area (Å²) < 4.78 is 32.2. The number of benzene rings is 1. The van der Waals surface area contributed by atoms with Crippen molar-refractivity contribution >= 4 is 17.8 Å². The standard InChI is InChI=1S/C15H15ClF2N2O/c1-2-20-14-10(6-19-15(20)16)7-21-8-11(14)9-3-4-12(17)13(18)5-9/h3-6,11,15H,2,7-8H2,1H3. The first-order valence-electron chi connectivity index (χ1n) is 6.81. The van der Waals surface area contributed by atoms with Crippen LogP contribution in [0.15, 0.2) is 34.5 Å². The Bertz CT molecular complexity index is 618. The third-order valence-electron chi connectivity index (χ3n) is 3.81. The highest BCUT2D eigenvalue weighted by Gasteiger charge is 2.33. The molecule has 2 aliphatic heterocycles. The van der Waals surface area contributed by atoms with E-state index in [9.17, 15) is 8.78 Å². The molecule has 1 aromatic carbocycles. The topological polar surface area (TPSA) is 24.8 Å². The third kappa shape index (κ3) is 2.56. The molecule has 0 aliphatic carbocycles. The second-order valence-electron chi connectivity index (χ2n) is 5.03. The molecule has 112 valence electrons. The predicted molar refractivity (Wildman–Crippen MR) is 77.5 cm³/mol. The van der Waals surface area contributed by atoms with Crippen molar-refractivity contribution < 1.29 is 13.5 Å². The fourth-order valence-electron chi connectivity index (χ4n) is 2.80. The van der Waals surface area contributed by atoms with Gasteiger partial charge in [-0.3, -0.25) is 4.99 Å². The minimum absolute atomic E-state index is 0.170. The zero-order valence-corrected chi connectivity index (χ0v) is 12.3. The third-order valence-corrected chi connectivity index (χ3v) is 4.16. The van der Waals surface area contributed by atoms with Crippen LogP contribution in [0.1, 0.15) is 18.4 Å². The van der Waals surface area contributed by atoms with Gasteiger partial charge in [-0.1, -0.05) is 17.7 Å². The van der Waals surface area contributed by atoms with Crippen LogP contribution >= 0.6 is 11.6 Å². The first kappa shape index (κ1) is 14.5. The molecule has 0 saturated carbocycles. The largest absolute Gasteiger partial charge is 0.376 e. The number of aliphatic imine (C=N–C) groups is 1. The average molecular weight is 313 g/mol. The van der Waals surface area contributed by atoms with Crippen LogP contribution in [0, 0.1) is 11.6 Å². The van der Waals surface area contributed by atoms with E-state index in [2.05, 4.69) is 4.99 Å². The highest BCUT2D eigenvalue weighted by atomic mass is 35.5. The number of hydrogen-bond donors (Lipinski definition) is 0. The second-order valence-corrected chi connectivity index (χ2v) is 5.42. The molecular weight excluding hydrogens is 298 g/mol. The molecule has 3 rings (SSSR count). The summed E-state index contributed by atoms with van der Waals surface area (Å²) in [5.74, 6) is -1.87. The molecule has 0 fully saturated rings. The van der Waals surface area contributed by atoms with Gasteiger partial charge in [0.1, 0.15) is 0 Å². The van der Waals surface area contributed by atoms with Crippen LogP contribution < -0.4 is 0 Å². The molecule has 0 bridgehead atoms. The van der Waals surface area contributed by atoms with E-state index in [1.807, 2.05) is 11.8 Å². The smallest absolute Gasteiger partial charge is 0.197 e. The lowest BCUT2D eigenvalue weighted by Gasteiger charge is -2.39. The van der Waals surface area contributed by atoms with Gasteiger partial charge in [0.25, 0.3) is 0 Å². The lowest BCUT2D eigenvalue weighted by molar-refractivity contribution is 0.117. The van der Waals surface area contributed by atoms with Crippen molar-refractivity contribution in [1.82, 2.24) is 4.90 Å². The minimum Gasteiger partial charge on any atom is -0.376 e. The summed E-state index contributed by atoms with van der Waals surface area (Å²) in [5, 5.41) is 0. The van der Waals surface area contributed by atoms with Gasteiger partial charge >= 0.3 is 0 Å². The van der Waals surface area contributed by atoms with Crippen molar-refractivity contribution in [2.45, 2.75) is 18.5 Å². The van der Waals surface area contributed by atoms with Gasteiger partial charge in [0.15, 0.2) is 17.3 Å². The van der Waals surface area contributed by atoms with Crippen LogP contribution in [0.25, 0.3) is 0 Å². The zero-order chi connectivity index (χ0) is 15.0. The quantitative estimate of drug-likeness (QED) is 0.618. The van der Waals surface area contributed by atoms with Gasteiger partial charge in [0.05, 0.1) is 13.2 Å². The maximum Gasteiger partial charge on any atom is 0.197 e. The summed E-state index contributed by atoms with van der Waals surface area (Å²) in [5.41, 5.74) is 2.14. The van der Waals surface area contributed by atoms with E-state index in [1.165, 1.54) is 6.07 Å². The number of halogens is 3. The van der Waals surface area contributed by atoms with Crippen molar-refractivity contribution in [2.24, 2.45) is 4.99 Å². The van der Waals surface area contributed by atoms with Crippen molar-refractivity contribution in [3.63, 3.8) is 0 Å². The normalized spacial score (nSPS) is 25.2. The van der Waals surface area contributed by atoms with Crippen LogP contribution in [0.4, 0.5) is 8.78 Å². The number of ether oxygens (including phenoxy) is 1. The van der Waals surface area contributed by atoms with E-state index < -0.39 is 17.3 Å². The molecule has 2 unspecified atom stereocenters. The Labute approximate surface area is 126 Å². The summed E-state index contributed by atoms with van der Waals surface area (Å²) in [4.78, 5) is 6.18. The van der Waals surface area contributed by atoms with Crippen molar-refractivity contribution in [2.75, 3.05) is 19.8 Å². The molecular formula is C15H15ClF2N2O. The lowest BCUT2D eigenvalue weighted by Crippen LogP contribution is -2.40. The van der Waals surface area contributed by atoms with Crippen LogP contribution in [0.3, 0.4) is 0 Å². The SMILES string of the molecule is CCN1C2=C(C=NC1Cl)COCC2c1ccc(F)c(F)c1. The van der Waals surface area contributed by atoms with Gasteiger partial charge in [0.2, 0.25) is 0 Å². The number of nitrogens with zero attached hydrogens (tertiary/aromatic N) is 2. The average Bonchev–Trinajstić information content (AvgIpc) is 2.49. The summed E-state index contributed by atoms with van der Waals surface area (Å²) in [7, 11) is 0. The van der Waals surface area contributed by atoms with Crippen LogP contribution in [0.5, 0.6) is 0 Å². The Morgan fingerprint density at radius 3 is 2.90 bits per heavy atom. The van der Waals surface area contributed by atoms with E-state index >= 15 is 0 Å². The summed E-state index contributed by atoms with van der Waals surface area (Å²) >= 11 is 6.23. The van der Waals surface area contributed by atoms with Crippen molar-refractivity contribution in [3.8, 4) is 0 Å². The summed E-state index contributed by atoms with van der Waals surface area (Å²) in [6.45, 7) is 3.54. The minimum atomic E-state index is -0.852. The lowest BCUT2D eigenvalue weighted by atomic mass is 9.90. The number of rotatable bonds is 2. The molecule has 0 N–H and O–H groups in total. The fraction of sp³-hybridized carbons (Fsp3) is 0.400. The number of likely N-dealkylation sites (N-methyl/N-ethyl adjacent to an activating group) is 1. The molecule has 6 heteroatoms. The van der Waals surface area contributed by atoms with E-state index in [0.29, 0.717) is 25.3 Å². The first-order valence-corrected chi connectivity index (χ1v) is 7.25. The Hall–Kier alpha value is -1.46. The zero-order valence-electron chi connectivity index (χ0n) is 11.5. The highest BCUT2D eigenvalue weighted by Crippen LogP contribution is 2.37. The summed E-state index contributed by atoms with van der Waals surface area (Å²) in [6, 6.07) is 3.96. The number of hydrogen-bond acceptors (Lipinski definition) is 3. The molecule has 1 aromatic rings. The molecule has 2 atom stereocenters. The Balaban J connectivity index is 2.05. The first-order chi connectivity index (χ1) is 10.1. The van der Waals surface area contributed by atoms with E-state index in [0.717, 1.165) is 17.3 Å². The molecule has 0 amide bonds. The van der Waals surface area contributed by atoms with Crippen LogP contribution in [0.2, 0.25) is 0 Å². The molecule has 0 radical (unpaired) electrons. The molecule has 3 nitrogen and oxygen atoms in total. The van der Waals surface area contributed by atoms with E-state index in [1.54, 1.807) is 12.3 Å². The molecule has 2 aliphatic rings. The molecule has 0 spiro atoms. The maximum atomic E-state index is 13.5. The van der Waals surface area contributed by atoms with Crippen LogP contribution in [-0.4, -0.2) is 36.5 Å². The monoisotopic (exact) mass is 312 g/mol.